The molecule has 0 radical (unpaired) electrons. The predicted molar refractivity (Wildman–Crippen MR) is 103 cm³/mol. The first-order valence-corrected chi connectivity index (χ1v) is 10.5. The summed E-state index contributed by atoms with van der Waals surface area (Å²) in [5, 5.41) is 9.55. The Labute approximate surface area is 167 Å². The maximum Gasteiger partial charge on any atom is 0.409 e. The number of carbonyl (C=O) groups is 3. The largest absolute Gasteiger partial charge is 0.465 e. The van der Waals surface area contributed by atoms with Crippen LogP contribution in [0.25, 0.3) is 0 Å². The van der Waals surface area contributed by atoms with Crippen molar-refractivity contribution in [3.05, 3.63) is 35.6 Å². The summed E-state index contributed by atoms with van der Waals surface area (Å²) in [6.07, 6.45) is -1.22. The quantitative estimate of drug-likeness (QED) is 0.776. The van der Waals surface area contributed by atoms with Crippen LogP contribution in [-0.2, 0) is 16.0 Å². The van der Waals surface area contributed by atoms with Gasteiger partial charge in [0.15, 0.2) is 0 Å². The lowest BCUT2D eigenvalue weighted by molar-refractivity contribution is -0.165. The highest BCUT2D eigenvalue weighted by Gasteiger charge is 2.48. The molecule has 1 aromatic rings. The molecule has 2 heterocycles. The van der Waals surface area contributed by atoms with Crippen LogP contribution in [0.5, 0.6) is 0 Å². The summed E-state index contributed by atoms with van der Waals surface area (Å²) < 4.78 is 13.4. The molecule has 0 bridgehead atoms. The van der Waals surface area contributed by atoms with Gasteiger partial charge < -0.3 is 14.9 Å². The van der Waals surface area contributed by atoms with E-state index in [1.54, 1.807) is 28.8 Å². The number of thioether (sulfide) groups is 1. The molecule has 2 aliphatic rings. The van der Waals surface area contributed by atoms with E-state index < -0.39 is 18.3 Å². The number of fused-ring (bicyclic) bond motifs is 1. The van der Waals surface area contributed by atoms with E-state index in [9.17, 15) is 23.9 Å². The lowest BCUT2D eigenvalue weighted by Crippen LogP contribution is -2.71. The molecule has 0 spiro atoms. The van der Waals surface area contributed by atoms with E-state index in [1.807, 2.05) is 6.92 Å². The molecule has 9 heteroatoms. The predicted octanol–water partition coefficient (Wildman–Crippen LogP) is 1.87. The molecule has 2 saturated heterocycles. The van der Waals surface area contributed by atoms with Gasteiger partial charge in [-0.15, -0.1) is 0 Å². The van der Waals surface area contributed by atoms with Crippen molar-refractivity contribution in [2.75, 3.05) is 31.1 Å². The molecule has 0 aromatic heterocycles. The summed E-state index contributed by atoms with van der Waals surface area (Å²) in [6.45, 7) is 2.59. The Morgan fingerprint density at radius 3 is 2.82 bits per heavy atom. The van der Waals surface area contributed by atoms with Gasteiger partial charge in [0, 0.05) is 25.3 Å². The summed E-state index contributed by atoms with van der Waals surface area (Å²) in [6, 6.07) is 5.53. The van der Waals surface area contributed by atoms with Gasteiger partial charge in [0.05, 0.1) is 6.54 Å². The van der Waals surface area contributed by atoms with Crippen LogP contribution in [0.4, 0.5) is 9.18 Å². The number of hydrogen-bond donors (Lipinski definition) is 1. The van der Waals surface area contributed by atoms with E-state index in [2.05, 4.69) is 0 Å². The zero-order chi connectivity index (χ0) is 20.3. The molecule has 2 aliphatic heterocycles. The number of nitrogens with zero attached hydrogens (tertiary/aromatic N) is 3. The summed E-state index contributed by atoms with van der Waals surface area (Å²) in [7, 11) is 0. The van der Waals surface area contributed by atoms with Gasteiger partial charge in [0.2, 0.25) is 11.8 Å². The highest BCUT2D eigenvalue weighted by molar-refractivity contribution is 7.99. The van der Waals surface area contributed by atoms with E-state index in [-0.39, 0.29) is 37.1 Å². The number of hydrogen-bond acceptors (Lipinski definition) is 4. The number of rotatable bonds is 6. The summed E-state index contributed by atoms with van der Waals surface area (Å²) in [5.74, 6) is 0.543. The average molecular weight is 409 g/mol. The third kappa shape index (κ3) is 4.24. The molecule has 2 atom stereocenters. The van der Waals surface area contributed by atoms with Crippen LogP contribution in [-0.4, -0.2) is 81.1 Å². The third-order valence-corrected chi connectivity index (χ3v) is 6.10. The molecule has 0 saturated carbocycles. The highest BCUT2D eigenvalue weighted by Crippen LogP contribution is 2.27. The first-order chi connectivity index (χ1) is 13.4. The second-order valence-corrected chi connectivity index (χ2v) is 8.17. The van der Waals surface area contributed by atoms with Crippen LogP contribution in [0.15, 0.2) is 24.3 Å². The summed E-state index contributed by atoms with van der Waals surface area (Å²) in [5.41, 5.74) is 0.768. The monoisotopic (exact) mass is 409 g/mol. The number of carboxylic acid groups (broad SMARTS) is 1. The number of halogens is 1. The number of benzene rings is 1. The van der Waals surface area contributed by atoms with Crippen molar-refractivity contribution in [3.63, 3.8) is 0 Å². The average Bonchev–Trinajstić information content (AvgIpc) is 2.66. The minimum absolute atomic E-state index is 0.0899. The van der Waals surface area contributed by atoms with Crippen molar-refractivity contribution >= 4 is 29.7 Å². The maximum absolute atomic E-state index is 13.4. The van der Waals surface area contributed by atoms with Gasteiger partial charge in [-0.25, -0.2) is 9.18 Å². The van der Waals surface area contributed by atoms with Crippen molar-refractivity contribution in [3.8, 4) is 0 Å². The van der Waals surface area contributed by atoms with Crippen molar-refractivity contribution in [2.45, 2.75) is 32.0 Å². The van der Waals surface area contributed by atoms with Gasteiger partial charge in [-0.1, -0.05) is 19.1 Å². The smallest absolute Gasteiger partial charge is 0.409 e. The summed E-state index contributed by atoms with van der Waals surface area (Å²) >= 11 is 1.55. The molecule has 3 rings (SSSR count). The lowest BCUT2D eigenvalue weighted by atomic mass is 10.0. The zero-order valence-corrected chi connectivity index (χ0v) is 16.5. The van der Waals surface area contributed by atoms with Gasteiger partial charge in [0.1, 0.15) is 18.0 Å². The maximum atomic E-state index is 13.4. The number of carbonyl (C=O) groups excluding carboxylic acids is 2. The molecular formula is C19H24FN3O4S. The van der Waals surface area contributed by atoms with Crippen molar-refractivity contribution in [2.24, 2.45) is 0 Å². The van der Waals surface area contributed by atoms with Gasteiger partial charge in [-0.05, 0) is 29.9 Å². The molecule has 0 aliphatic carbocycles. The lowest BCUT2D eigenvalue weighted by Gasteiger charge is -2.51. The molecular weight excluding hydrogens is 385 g/mol. The van der Waals surface area contributed by atoms with E-state index >= 15 is 0 Å². The molecule has 1 N–H and O–H groups in total. The fourth-order valence-electron chi connectivity index (χ4n) is 3.76. The van der Waals surface area contributed by atoms with Crippen LogP contribution in [0.1, 0.15) is 18.9 Å². The van der Waals surface area contributed by atoms with Gasteiger partial charge in [0.25, 0.3) is 0 Å². The van der Waals surface area contributed by atoms with Crippen LogP contribution in [0.2, 0.25) is 0 Å². The molecule has 28 heavy (non-hydrogen) atoms. The third-order valence-electron chi connectivity index (χ3n) is 5.14. The van der Waals surface area contributed by atoms with Crippen LogP contribution in [0, 0.1) is 5.82 Å². The van der Waals surface area contributed by atoms with E-state index in [0.717, 1.165) is 11.3 Å². The van der Waals surface area contributed by atoms with Crippen molar-refractivity contribution < 1.29 is 23.9 Å². The minimum atomic E-state index is -1.09. The Bertz CT molecular complexity index is 762. The van der Waals surface area contributed by atoms with Crippen molar-refractivity contribution in [1.82, 2.24) is 14.7 Å². The molecule has 0 unspecified atom stereocenters. The first-order valence-electron chi connectivity index (χ1n) is 9.34. The first kappa shape index (κ1) is 20.4. The summed E-state index contributed by atoms with van der Waals surface area (Å²) in [4.78, 5) is 41.6. The van der Waals surface area contributed by atoms with Crippen LogP contribution < -0.4 is 0 Å². The standard InChI is InChI=1S/C19H24FN3O4S/c1-2-28-12-15-18(25)21(8-6-13-4-3-5-14(20)10-13)11-16-22(19(26)27)9-7-17(24)23(15)16/h3-5,10,15-16H,2,6-9,11-12H2,1H3,(H,26,27)/t15-,16-/m1/s1. The molecule has 2 fully saturated rings. The Kier molecular flexibility index (Phi) is 6.43. The minimum Gasteiger partial charge on any atom is -0.465 e. The van der Waals surface area contributed by atoms with Crippen molar-refractivity contribution in [1.29, 1.82) is 0 Å². The molecule has 1 aromatic carbocycles. The topological polar surface area (TPSA) is 81.2 Å². The second kappa shape index (κ2) is 8.81. The Hall–Kier alpha value is -2.29. The van der Waals surface area contributed by atoms with Crippen LogP contribution >= 0.6 is 11.8 Å². The van der Waals surface area contributed by atoms with Gasteiger partial charge in [-0.3, -0.25) is 14.5 Å². The fourth-order valence-corrected chi connectivity index (χ4v) is 4.52. The molecule has 7 nitrogen and oxygen atoms in total. The van der Waals surface area contributed by atoms with Gasteiger partial charge >= 0.3 is 6.09 Å². The van der Waals surface area contributed by atoms with E-state index in [0.29, 0.717) is 18.7 Å². The molecule has 152 valence electrons. The fraction of sp³-hybridized carbons (Fsp3) is 0.526. The van der Waals surface area contributed by atoms with E-state index in [4.69, 9.17) is 0 Å². The van der Waals surface area contributed by atoms with Crippen LogP contribution in [0.3, 0.4) is 0 Å². The second-order valence-electron chi connectivity index (χ2n) is 6.85. The zero-order valence-electron chi connectivity index (χ0n) is 15.7. The normalized spacial score (nSPS) is 22.4. The van der Waals surface area contributed by atoms with E-state index in [1.165, 1.54) is 21.9 Å². The van der Waals surface area contributed by atoms with Gasteiger partial charge in [-0.2, -0.15) is 11.8 Å². The Morgan fingerprint density at radius 1 is 1.36 bits per heavy atom. The SMILES string of the molecule is CCSC[C@@H]1C(=O)N(CCc2cccc(F)c2)C[C@@H]2N(C(=O)O)CCC(=O)N12. The number of amides is 3. The Morgan fingerprint density at radius 2 is 2.14 bits per heavy atom. The number of piperazine rings is 1. The highest BCUT2D eigenvalue weighted by atomic mass is 32.2. The Balaban J connectivity index is 1.81. The molecule has 3 amide bonds.